The molecule has 3 N–H and O–H groups in total. The number of nitrogens with zero attached hydrogens (tertiary/aromatic N) is 2. The molecule has 2 rings (SSSR count). The number of thioether (sulfide) groups is 1. The van der Waals surface area contributed by atoms with Crippen molar-refractivity contribution >= 4 is 17.7 Å². The fraction of sp³-hybridized carbons (Fsp3) is 0.692. The molecule has 1 heterocycles. The molecule has 6 heteroatoms. The number of hydrogen-bond donors (Lipinski definition) is 2. The molecule has 1 aromatic heterocycles. The van der Waals surface area contributed by atoms with Gasteiger partial charge in [0.05, 0.1) is 11.7 Å². The van der Waals surface area contributed by atoms with Crippen molar-refractivity contribution in [2.45, 2.75) is 54.8 Å². The Balaban J connectivity index is 2.02. The fourth-order valence-electron chi connectivity index (χ4n) is 2.73. The molecular weight excluding hydrogens is 260 g/mol. The Morgan fingerprint density at radius 3 is 2.95 bits per heavy atom. The summed E-state index contributed by atoms with van der Waals surface area (Å²) in [6.07, 6.45) is 6.48. The Labute approximate surface area is 118 Å². The predicted molar refractivity (Wildman–Crippen MR) is 76.9 cm³/mol. The molecule has 0 radical (unpaired) electrons. The van der Waals surface area contributed by atoms with Gasteiger partial charge in [-0.05, 0) is 33.1 Å². The first-order chi connectivity index (χ1) is 8.91. The summed E-state index contributed by atoms with van der Waals surface area (Å²) in [5.41, 5.74) is 5.08. The van der Waals surface area contributed by atoms with Gasteiger partial charge in [0.25, 0.3) is 0 Å². The van der Waals surface area contributed by atoms with Gasteiger partial charge in [-0.3, -0.25) is 9.48 Å². The number of rotatable bonds is 5. The van der Waals surface area contributed by atoms with Gasteiger partial charge in [0.2, 0.25) is 5.91 Å². The zero-order valence-electron chi connectivity index (χ0n) is 11.7. The first kappa shape index (κ1) is 14.4. The maximum atomic E-state index is 11.8. The number of nitrogens with one attached hydrogen (secondary N) is 1. The third-order valence-corrected chi connectivity index (χ3v) is 4.71. The van der Waals surface area contributed by atoms with E-state index in [9.17, 15) is 4.79 Å². The second-order valence-electron chi connectivity index (χ2n) is 5.58. The molecule has 0 saturated heterocycles. The number of amides is 1. The average Bonchev–Trinajstić information content (AvgIpc) is 2.87. The lowest BCUT2D eigenvalue weighted by molar-refractivity contribution is -0.124. The van der Waals surface area contributed by atoms with E-state index in [1.165, 1.54) is 0 Å². The largest absolute Gasteiger partial charge is 0.368 e. The molecule has 1 saturated carbocycles. The van der Waals surface area contributed by atoms with Gasteiger partial charge in [-0.15, -0.1) is 11.8 Å². The van der Waals surface area contributed by atoms with Crippen molar-refractivity contribution in [3.63, 3.8) is 0 Å². The smallest absolute Gasteiger partial charge is 0.237 e. The summed E-state index contributed by atoms with van der Waals surface area (Å²) in [4.78, 5) is 12.9. The quantitative estimate of drug-likeness (QED) is 0.853. The fourth-order valence-corrected chi connectivity index (χ4v) is 4.04. The number of nitrogens with two attached hydrogens (primary N) is 1. The van der Waals surface area contributed by atoms with E-state index < -0.39 is 5.54 Å². The highest BCUT2D eigenvalue weighted by Gasteiger charge is 2.44. The van der Waals surface area contributed by atoms with Gasteiger partial charge in [0.1, 0.15) is 0 Å². The highest BCUT2D eigenvalue weighted by atomic mass is 32.2. The number of aromatic nitrogens is 2. The van der Waals surface area contributed by atoms with Gasteiger partial charge in [0.15, 0.2) is 0 Å². The number of carbonyl (C=O) groups excluding carboxylic acids is 1. The van der Waals surface area contributed by atoms with E-state index in [2.05, 4.69) is 10.4 Å². The molecule has 19 heavy (non-hydrogen) atoms. The van der Waals surface area contributed by atoms with Crippen LogP contribution in [0.1, 0.15) is 33.1 Å². The Morgan fingerprint density at radius 1 is 1.68 bits per heavy atom. The molecule has 0 aliphatic heterocycles. The molecule has 1 fully saturated rings. The molecular formula is C13H22N4OS. The van der Waals surface area contributed by atoms with Crippen molar-refractivity contribution in [2.75, 3.05) is 0 Å². The average molecular weight is 282 g/mol. The van der Waals surface area contributed by atoms with Crippen molar-refractivity contribution in [1.82, 2.24) is 15.1 Å². The van der Waals surface area contributed by atoms with E-state index in [0.29, 0.717) is 5.25 Å². The van der Waals surface area contributed by atoms with Crippen molar-refractivity contribution < 1.29 is 4.79 Å². The molecule has 1 amide bonds. The van der Waals surface area contributed by atoms with Crippen LogP contribution in [0.3, 0.4) is 0 Å². The SMILES string of the molecule is CC(C)NC1(C(N)=O)CCC(Sc2cnn(C)c2)C1. The maximum Gasteiger partial charge on any atom is 0.237 e. The molecule has 1 aliphatic carbocycles. The molecule has 1 aliphatic rings. The van der Waals surface area contributed by atoms with Gasteiger partial charge in [-0.1, -0.05) is 0 Å². The second-order valence-corrected chi connectivity index (χ2v) is 6.95. The summed E-state index contributed by atoms with van der Waals surface area (Å²) in [5, 5.41) is 7.95. The number of aryl methyl sites for hydroxylation is 1. The minimum atomic E-state index is -0.534. The topological polar surface area (TPSA) is 72.9 Å². The highest BCUT2D eigenvalue weighted by Crippen LogP contribution is 2.40. The number of primary amides is 1. The highest BCUT2D eigenvalue weighted by molar-refractivity contribution is 8.00. The number of hydrogen-bond acceptors (Lipinski definition) is 4. The zero-order valence-corrected chi connectivity index (χ0v) is 12.5. The molecule has 0 spiro atoms. The third kappa shape index (κ3) is 3.30. The molecule has 0 aromatic carbocycles. The van der Waals surface area contributed by atoms with Gasteiger partial charge in [-0.2, -0.15) is 5.10 Å². The van der Waals surface area contributed by atoms with E-state index in [0.717, 1.165) is 24.2 Å². The molecule has 5 nitrogen and oxygen atoms in total. The summed E-state index contributed by atoms with van der Waals surface area (Å²) in [6.45, 7) is 4.10. The van der Waals surface area contributed by atoms with E-state index in [1.54, 1.807) is 16.4 Å². The van der Waals surface area contributed by atoms with E-state index in [-0.39, 0.29) is 11.9 Å². The summed E-state index contributed by atoms with van der Waals surface area (Å²) in [5.74, 6) is -0.226. The van der Waals surface area contributed by atoms with Crippen LogP contribution in [-0.2, 0) is 11.8 Å². The first-order valence-corrected chi connectivity index (χ1v) is 7.52. The Bertz CT molecular complexity index is 459. The minimum absolute atomic E-state index is 0.226. The molecule has 0 bridgehead atoms. The lowest BCUT2D eigenvalue weighted by Crippen LogP contribution is -2.56. The van der Waals surface area contributed by atoms with Gasteiger partial charge in [0, 0.05) is 29.4 Å². The van der Waals surface area contributed by atoms with Crippen LogP contribution in [0.15, 0.2) is 17.3 Å². The van der Waals surface area contributed by atoms with Crippen molar-refractivity contribution in [1.29, 1.82) is 0 Å². The lowest BCUT2D eigenvalue weighted by Gasteiger charge is -2.29. The Morgan fingerprint density at radius 2 is 2.42 bits per heavy atom. The van der Waals surface area contributed by atoms with Crippen LogP contribution in [0.2, 0.25) is 0 Å². The van der Waals surface area contributed by atoms with Gasteiger partial charge < -0.3 is 11.1 Å². The molecule has 106 valence electrons. The molecule has 2 atom stereocenters. The number of carbonyl (C=O) groups is 1. The van der Waals surface area contributed by atoms with Crippen LogP contribution in [0.5, 0.6) is 0 Å². The van der Waals surface area contributed by atoms with Crippen molar-refractivity contribution in [2.24, 2.45) is 12.8 Å². The first-order valence-electron chi connectivity index (χ1n) is 6.64. The van der Waals surface area contributed by atoms with Crippen LogP contribution in [0.25, 0.3) is 0 Å². The van der Waals surface area contributed by atoms with Crippen LogP contribution in [0, 0.1) is 0 Å². The Hall–Kier alpha value is -1.01. The predicted octanol–water partition coefficient (Wildman–Crippen LogP) is 1.29. The normalized spacial score (nSPS) is 27.1. The molecule has 2 unspecified atom stereocenters. The van der Waals surface area contributed by atoms with E-state index in [4.69, 9.17) is 5.73 Å². The van der Waals surface area contributed by atoms with E-state index in [1.807, 2.05) is 33.3 Å². The summed E-state index contributed by atoms with van der Waals surface area (Å²) in [6, 6.07) is 0.259. The standard InChI is InChI=1S/C13H22N4OS/c1-9(2)16-13(12(14)18)5-4-10(6-13)19-11-7-15-17(3)8-11/h7-10,16H,4-6H2,1-3H3,(H2,14,18). The molecule has 1 aromatic rings. The van der Waals surface area contributed by atoms with Crippen molar-refractivity contribution in [3.05, 3.63) is 12.4 Å². The maximum absolute atomic E-state index is 11.8. The summed E-state index contributed by atoms with van der Waals surface area (Å²) < 4.78 is 1.80. The van der Waals surface area contributed by atoms with Crippen LogP contribution in [0.4, 0.5) is 0 Å². The Kier molecular flexibility index (Phi) is 4.20. The van der Waals surface area contributed by atoms with Crippen LogP contribution >= 0.6 is 11.8 Å². The summed E-state index contributed by atoms with van der Waals surface area (Å²) in [7, 11) is 1.91. The second kappa shape index (κ2) is 5.54. The third-order valence-electron chi connectivity index (χ3n) is 3.49. The lowest BCUT2D eigenvalue weighted by atomic mass is 9.96. The van der Waals surface area contributed by atoms with Gasteiger partial charge in [-0.25, -0.2) is 0 Å². The van der Waals surface area contributed by atoms with Crippen molar-refractivity contribution in [3.8, 4) is 0 Å². The van der Waals surface area contributed by atoms with Crippen LogP contribution in [-0.4, -0.2) is 32.5 Å². The van der Waals surface area contributed by atoms with Crippen LogP contribution < -0.4 is 11.1 Å². The van der Waals surface area contributed by atoms with E-state index >= 15 is 0 Å². The monoisotopic (exact) mass is 282 g/mol. The minimum Gasteiger partial charge on any atom is -0.368 e. The zero-order chi connectivity index (χ0) is 14.0. The summed E-state index contributed by atoms with van der Waals surface area (Å²) >= 11 is 1.79. The van der Waals surface area contributed by atoms with Gasteiger partial charge >= 0.3 is 0 Å².